The van der Waals surface area contributed by atoms with Crippen LogP contribution in [0.4, 0.5) is 4.39 Å². The van der Waals surface area contributed by atoms with E-state index in [9.17, 15) is 9.18 Å². The molecule has 1 aromatic carbocycles. The molecule has 0 N–H and O–H groups in total. The van der Waals surface area contributed by atoms with Gasteiger partial charge in [-0.1, -0.05) is 12.1 Å². The average Bonchev–Trinajstić information content (AvgIpc) is 2.29. The molecule has 0 bridgehead atoms. The highest BCUT2D eigenvalue weighted by Gasteiger charge is 2.30. The number of hydrogen-bond acceptors (Lipinski definition) is 2. The Morgan fingerprint density at radius 2 is 2.00 bits per heavy atom. The van der Waals surface area contributed by atoms with Crippen molar-refractivity contribution >= 4 is 5.78 Å². The number of ketones is 1. The van der Waals surface area contributed by atoms with Gasteiger partial charge in [0.2, 0.25) is 0 Å². The molecule has 1 saturated carbocycles. The second-order valence-electron chi connectivity index (χ2n) is 4.96. The zero-order valence-electron chi connectivity index (χ0n) is 10.7. The molecule has 0 heterocycles. The molecule has 0 spiro atoms. The molecule has 2 nitrogen and oxygen atoms in total. The van der Waals surface area contributed by atoms with E-state index in [0.717, 1.165) is 25.0 Å². The number of Topliss-reactive ketones (excluding diaryl/α,β-unsaturated/α-hetero) is 1. The van der Waals surface area contributed by atoms with E-state index in [4.69, 9.17) is 4.74 Å². The van der Waals surface area contributed by atoms with Crippen molar-refractivity contribution in [3.63, 3.8) is 0 Å². The van der Waals surface area contributed by atoms with Crippen molar-refractivity contribution in [1.29, 1.82) is 0 Å². The fraction of sp³-hybridized carbons (Fsp3) is 0.533. The highest BCUT2D eigenvalue weighted by molar-refractivity contribution is 5.81. The molecule has 0 unspecified atom stereocenters. The molecule has 1 aromatic rings. The first-order chi connectivity index (χ1) is 8.67. The van der Waals surface area contributed by atoms with Crippen molar-refractivity contribution in [2.24, 2.45) is 5.92 Å². The maximum atomic E-state index is 12.7. The van der Waals surface area contributed by atoms with Crippen LogP contribution in [0.1, 0.15) is 31.7 Å². The first-order valence-electron chi connectivity index (χ1n) is 6.55. The van der Waals surface area contributed by atoms with Crippen molar-refractivity contribution in [2.45, 2.75) is 38.7 Å². The van der Waals surface area contributed by atoms with Gasteiger partial charge in [0.05, 0.1) is 6.10 Å². The van der Waals surface area contributed by atoms with Crippen LogP contribution in [0.5, 0.6) is 0 Å². The van der Waals surface area contributed by atoms with Crippen molar-refractivity contribution in [2.75, 3.05) is 6.61 Å². The fourth-order valence-corrected chi connectivity index (χ4v) is 2.44. The van der Waals surface area contributed by atoms with Crippen LogP contribution >= 0.6 is 0 Å². The summed E-state index contributed by atoms with van der Waals surface area (Å²) in [5.74, 6) is 0.459. The van der Waals surface area contributed by atoms with Crippen LogP contribution in [0.2, 0.25) is 0 Å². The van der Waals surface area contributed by atoms with Gasteiger partial charge in [0, 0.05) is 19.4 Å². The number of benzene rings is 1. The maximum Gasteiger partial charge on any atom is 0.137 e. The summed E-state index contributed by atoms with van der Waals surface area (Å²) in [5.41, 5.74) is 0.891. The zero-order valence-corrected chi connectivity index (χ0v) is 10.7. The molecule has 0 saturated heterocycles. The van der Waals surface area contributed by atoms with Gasteiger partial charge in [0.25, 0.3) is 0 Å². The Morgan fingerprint density at radius 1 is 1.33 bits per heavy atom. The lowest BCUT2D eigenvalue weighted by Gasteiger charge is -2.34. The predicted octanol–water partition coefficient (Wildman–Crippen LogP) is 3.14. The Morgan fingerprint density at radius 3 is 2.61 bits per heavy atom. The Hall–Kier alpha value is -1.22. The molecular weight excluding hydrogens is 231 g/mol. The molecule has 3 heteroatoms. The van der Waals surface area contributed by atoms with E-state index in [1.807, 2.05) is 6.92 Å². The van der Waals surface area contributed by atoms with Crippen LogP contribution in [0.3, 0.4) is 0 Å². The molecule has 98 valence electrons. The van der Waals surface area contributed by atoms with Gasteiger partial charge in [-0.2, -0.15) is 0 Å². The minimum atomic E-state index is -0.259. The Bertz CT molecular complexity index is 393. The van der Waals surface area contributed by atoms with Gasteiger partial charge in [-0.3, -0.25) is 4.79 Å². The van der Waals surface area contributed by atoms with E-state index in [1.54, 1.807) is 12.1 Å². The van der Waals surface area contributed by atoms with Gasteiger partial charge >= 0.3 is 0 Å². The van der Waals surface area contributed by atoms with Crippen LogP contribution in [-0.4, -0.2) is 18.5 Å². The van der Waals surface area contributed by atoms with E-state index in [-0.39, 0.29) is 11.6 Å². The Kier molecular flexibility index (Phi) is 4.48. The molecule has 2 rings (SSSR count). The van der Waals surface area contributed by atoms with Crippen LogP contribution in [0.15, 0.2) is 24.3 Å². The van der Waals surface area contributed by atoms with Crippen molar-refractivity contribution in [1.82, 2.24) is 0 Å². The number of halogens is 1. The first-order valence-corrected chi connectivity index (χ1v) is 6.55. The van der Waals surface area contributed by atoms with Gasteiger partial charge in [-0.25, -0.2) is 4.39 Å². The van der Waals surface area contributed by atoms with Crippen molar-refractivity contribution in [3.8, 4) is 0 Å². The number of hydrogen-bond donors (Lipinski definition) is 0. The van der Waals surface area contributed by atoms with Gasteiger partial charge in [0.1, 0.15) is 11.6 Å². The van der Waals surface area contributed by atoms with E-state index >= 15 is 0 Å². The summed E-state index contributed by atoms with van der Waals surface area (Å²) < 4.78 is 18.2. The largest absolute Gasteiger partial charge is 0.378 e. The van der Waals surface area contributed by atoms with Crippen LogP contribution in [-0.2, 0) is 16.0 Å². The van der Waals surface area contributed by atoms with Crippen LogP contribution in [0.25, 0.3) is 0 Å². The highest BCUT2D eigenvalue weighted by Crippen LogP contribution is 2.33. The lowest BCUT2D eigenvalue weighted by molar-refractivity contribution is -0.121. The molecule has 18 heavy (non-hydrogen) atoms. The molecule has 0 aromatic heterocycles. The molecule has 1 aliphatic rings. The lowest BCUT2D eigenvalue weighted by Crippen LogP contribution is -2.33. The van der Waals surface area contributed by atoms with Gasteiger partial charge in [0.15, 0.2) is 0 Å². The molecule has 1 fully saturated rings. The summed E-state index contributed by atoms with van der Waals surface area (Å²) in [6.07, 6.45) is 3.40. The van der Waals surface area contributed by atoms with Gasteiger partial charge in [-0.05, 0) is 43.4 Å². The standard InChI is InChI=1S/C15H19FO2/c1-2-18-15-9-12(10-15)8-14(17)7-11-3-5-13(16)6-4-11/h3-6,12,15H,2,7-10H2,1H3. The molecule has 0 radical (unpaired) electrons. The third-order valence-corrected chi connectivity index (χ3v) is 3.43. The van der Waals surface area contributed by atoms with E-state index in [2.05, 4.69) is 0 Å². The minimum absolute atomic E-state index is 0.238. The topological polar surface area (TPSA) is 26.3 Å². The third kappa shape index (κ3) is 3.64. The first kappa shape index (κ1) is 13.2. The molecular formula is C15H19FO2. The highest BCUT2D eigenvalue weighted by atomic mass is 19.1. The third-order valence-electron chi connectivity index (χ3n) is 3.43. The van der Waals surface area contributed by atoms with E-state index < -0.39 is 0 Å². The van der Waals surface area contributed by atoms with E-state index in [1.165, 1.54) is 12.1 Å². The Balaban J connectivity index is 1.72. The predicted molar refractivity (Wildman–Crippen MR) is 67.9 cm³/mol. The number of carbonyl (C=O) groups is 1. The van der Waals surface area contributed by atoms with E-state index in [0.29, 0.717) is 24.9 Å². The smallest absolute Gasteiger partial charge is 0.137 e. The average molecular weight is 250 g/mol. The summed E-state index contributed by atoms with van der Waals surface area (Å²) in [6, 6.07) is 6.15. The second-order valence-corrected chi connectivity index (χ2v) is 4.96. The summed E-state index contributed by atoms with van der Waals surface area (Å²) in [7, 11) is 0. The summed E-state index contributed by atoms with van der Waals surface area (Å²) in [6.45, 7) is 2.74. The molecule has 0 aliphatic heterocycles. The number of carbonyl (C=O) groups excluding carboxylic acids is 1. The quantitative estimate of drug-likeness (QED) is 0.775. The SMILES string of the molecule is CCOC1CC(CC(=O)Cc2ccc(F)cc2)C1. The molecule has 0 atom stereocenters. The lowest BCUT2D eigenvalue weighted by atomic mass is 9.78. The zero-order chi connectivity index (χ0) is 13.0. The minimum Gasteiger partial charge on any atom is -0.378 e. The number of rotatable bonds is 6. The maximum absolute atomic E-state index is 12.7. The monoisotopic (exact) mass is 250 g/mol. The molecule has 1 aliphatic carbocycles. The summed E-state index contributed by atoms with van der Waals surface area (Å²) in [5, 5.41) is 0. The van der Waals surface area contributed by atoms with Gasteiger partial charge < -0.3 is 4.74 Å². The fourth-order valence-electron chi connectivity index (χ4n) is 2.44. The van der Waals surface area contributed by atoms with Crippen molar-refractivity contribution in [3.05, 3.63) is 35.6 Å². The van der Waals surface area contributed by atoms with Crippen molar-refractivity contribution < 1.29 is 13.9 Å². The Labute approximate surface area is 107 Å². The number of ether oxygens (including phenoxy) is 1. The van der Waals surface area contributed by atoms with Crippen LogP contribution in [0, 0.1) is 11.7 Å². The van der Waals surface area contributed by atoms with Gasteiger partial charge in [-0.15, -0.1) is 0 Å². The molecule has 0 amide bonds. The second kappa shape index (κ2) is 6.10. The van der Waals surface area contributed by atoms with Crippen LogP contribution < -0.4 is 0 Å². The summed E-state index contributed by atoms with van der Waals surface area (Å²) >= 11 is 0. The summed E-state index contributed by atoms with van der Waals surface area (Å²) in [4.78, 5) is 11.8. The normalized spacial score (nSPS) is 22.6.